The fourth-order valence-electron chi connectivity index (χ4n) is 4.21. The molecule has 0 bridgehead atoms. The van der Waals surface area contributed by atoms with Gasteiger partial charge in [-0.25, -0.2) is 0 Å². The van der Waals surface area contributed by atoms with Gasteiger partial charge in [0.15, 0.2) is 5.11 Å². The van der Waals surface area contributed by atoms with E-state index in [9.17, 15) is 0 Å². The number of rotatable bonds is 5. The Morgan fingerprint density at radius 1 is 1.03 bits per heavy atom. The van der Waals surface area contributed by atoms with E-state index in [1.165, 1.54) is 11.1 Å². The second-order valence-electron chi connectivity index (χ2n) is 7.91. The Morgan fingerprint density at radius 2 is 1.94 bits per heavy atom. The molecule has 1 fully saturated rings. The third-order valence-corrected chi connectivity index (χ3v) is 6.31. The van der Waals surface area contributed by atoms with E-state index in [1.54, 1.807) is 6.26 Å². The molecule has 6 heteroatoms. The summed E-state index contributed by atoms with van der Waals surface area (Å²) in [6.45, 7) is 4.87. The largest absolute Gasteiger partial charge is 0.467 e. The van der Waals surface area contributed by atoms with Crippen LogP contribution in [0.2, 0.25) is 0 Å². The van der Waals surface area contributed by atoms with Crippen molar-refractivity contribution in [1.29, 1.82) is 0 Å². The Morgan fingerprint density at radius 3 is 2.68 bits per heavy atom. The summed E-state index contributed by atoms with van der Waals surface area (Å²) in [5, 5.41) is 4.21. The highest BCUT2D eigenvalue weighted by Gasteiger charge is 2.41. The molecule has 1 aliphatic heterocycles. The Bertz CT molecular complexity index is 1200. The number of hydrogen-bond acceptors (Lipinski definition) is 3. The number of furan rings is 1. The third-order valence-electron chi connectivity index (χ3n) is 5.96. The lowest BCUT2D eigenvalue weighted by molar-refractivity contribution is 0.280. The highest BCUT2D eigenvalue weighted by molar-refractivity contribution is 7.80. The molecule has 0 unspecified atom stereocenters. The molecular formula is C25H24N4OS. The van der Waals surface area contributed by atoms with Gasteiger partial charge in [-0.2, -0.15) is 0 Å². The standard InChI is InChI=1S/C25H24N4OS/c1-17-10-11-19(15-18(17)2)28-13-5-9-22(28)24-23(21-8-3-4-12-26-21)27-25(31)29(24)16-20-7-6-14-30-20/h3-15,23-24H,16H2,1-2H3,(H,27,31)/t23-,24+/m0/s1. The fraction of sp³-hybridized carbons (Fsp3) is 0.200. The lowest BCUT2D eigenvalue weighted by Crippen LogP contribution is -2.29. The van der Waals surface area contributed by atoms with Crippen LogP contribution >= 0.6 is 12.2 Å². The van der Waals surface area contributed by atoms with Gasteiger partial charge in [0.05, 0.1) is 30.6 Å². The molecule has 31 heavy (non-hydrogen) atoms. The minimum Gasteiger partial charge on any atom is -0.467 e. The van der Waals surface area contributed by atoms with Crippen LogP contribution in [0.15, 0.2) is 83.7 Å². The van der Waals surface area contributed by atoms with E-state index in [4.69, 9.17) is 16.6 Å². The van der Waals surface area contributed by atoms with Crippen molar-refractivity contribution in [3.8, 4) is 5.69 Å². The summed E-state index contributed by atoms with van der Waals surface area (Å²) in [6.07, 6.45) is 5.64. The predicted octanol–water partition coefficient (Wildman–Crippen LogP) is 5.25. The molecule has 5 nitrogen and oxygen atoms in total. The van der Waals surface area contributed by atoms with Crippen molar-refractivity contribution in [1.82, 2.24) is 19.8 Å². The van der Waals surface area contributed by atoms with Crippen molar-refractivity contribution in [2.75, 3.05) is 0 Å². The summed E-state index contributed by atoms with van der Waals surface area (Å²) >= 11 is 5.78. The van der Waals surface area contributed by atoms with Crippen LogP contribution in [0.5, 0.6) is 0 Å². The highest BCUT2D eigenvalue weighted by Crippen LogP contribution is 2.40. The second kappa shape index (κ2) is 8.04. The lowest BCUT2D eigenvalue weighted by atomic mass is 10.0. The molecule has 1 aromatic carbocycles. The molecule has 1 N–H and O–H groups in total. The molecule has 1 saturated heterocycles. The molecule has 0 spiro atoms. The smallest absolute Gasteiger partial charge is 0.170 e. The SMILES string of the molecule is Cc1ccc(-n2cccc2[C@@H]2[C@H](c3ccccn3)NC(=S)N2Cc2ccco2)cc1C. The zero-order chi connectivity index (χ0) is 21.4. The van der Waals surface area contributed by atoms with Crippen LogP contribution in [-0.2, 0) is 6.54 Å². The molecule has 4 aromatic rings. The van der Waals surface area contributed by atoms with Crippen LogP contribution < -0.4 is 5.32 Å². The molecule has 4 heterocycles. The predicted molar refractivity (Wildman–Crippen MR) is 125 cm³/mol. The Labute approximate surface area is 187 Å². The fourth-order valence-corrected chi connectivity index (χ4v) is 4.52. The van der Waals surface area contributed by atoms with Crippen molar-refractivity contribution >= 4 is 17.3 Å². The van der Waals surface area contributed by atoms with Crippen LogP contribution in [-0.4, -0.2) is 19.6 Å². The van der Waals surface area contributed by atoms with E-state index in [0.717, 1.165) is 22.8 Å². The van der Waals surface area contributed by atoms with Crippen LogP contribution in [0.3, 0.4) is 0 Å². The van der Waals surface area contributed by atoms with Gasteiger partial charge in [0, 0.05) is 23.8 Å². The Balaban J connectivity index is 1.61. The van der Waals surface area contributed by atoms with E-state index in [-0.39, 0.29) is 12.1 Å². The maximum absolute atomic E-state index is 5.78. The van der Waals surface area contributed by atoms with Gasteiger partial charge in [0.2, 0.25) is 0 Å². The van der Waals surface area contributed by atoms with Gasteiger partial charge in [0.25, 0.3) is 0 Å². The Kier molecular flexibility index (Phi) is 5.08. The van der Waals surface area contributed by atoms with E-state index in [0.29, 0.717) is 11.7 Å². The summed E-state index contributed by atoms with van der Waals surface area (Å²) in [5.74, 6) is 0.875. The number of hydrogen-bond donors (Lipinski definition) is 1. The number of thiocarbonyl (C=S) groups is 1. The molecule has 0 aliphatic carbocycles. The number of aromatic nitrogens is 2. The Hall–Kier alpha value is -3.38. The second-order valence-corrected chi connectivity index (χ2v) is 8.29. The number of pyridine rings is 1. The van der Waals surface area contributed by atoms with Crippen LogP contribution in [0.4, 0.5) is 0 Å². The first-order valence-electron chi connectivity index (χ1n) is 10.4. The maximum Gasteiger partial charge on any atom is 0.170 e. The van der Waals surface area contributed by atoms with Gasteiger partial charge in [-0.05, 0) is 85.7 Å². The van der Waals surface area contributed by atoms with Crippen LogP contribution in [0.1, 0.15) is 40.4 Å². The van der Waals surface area contributed by atoms with Gasteiger partial charge in [-0.1, -0.05) is 12.1 Å². The quantitative estimate of drug-likeness (QED) is 0.440. The summed E-state index contributed by atoms with van der Waals surface area (Å²) < 4.78 is 7.89. The zero-order valence-corrected chi connectivity index (χ0v) is 18.3. The van der Waals surface area contributed by atoms with Crippen molar-refractivity contribution in [3.05, 3.63) is 108 Å². The summed E-state index contributed by atoms with van der Waals surface area (Å²) in [5.41, 5.74) is 5.80. The molecular weight excluding hydrogens is 404 g/mol. The van der Waals surface area contributed by atoms with Crippen molar-refractivity contribution in [2.24, 2.45) is 0 Å². The number of benzene rings is 1. The average molecular weight is 429 g/mol. The first-order chi connectivity index (χ1) is 15.1. The van der Waals surface area contributed by atoms with Gasteiger partial charge in [-0.3, -0.25) is 4.98 Å². The van der Waals surface area contributed by atoms with Crippen LogP contribution in [0, 0.1) is 13.8 Å². The summed E-state index contributed by atoms with van der Waals surface area (Å²) in [6, 6.07) is 20.6. The van der Waals surface area contributed by atoms with Gasteiger partial charge in [0.1, 0.15) is 5.76 Å². The molecule has 3 aromatic heterocycles. The number of nitrogens with one attached hydrogen (secondary N) is 1. The van der Waals surface area contributed by atoms with Crippen LogP contribution in [0.25, 0.3) is 5.69 Å². The van der Waals surface area contributed by atoms with Gasteiger partial charge < -0.3 is 19.2 Å². The first-order valence-corrected chi connectivity index (χ1v) is 10.8. The topological polar surface area (TPSA) is 46.2 Å². The van der Waals surface area contributed by atoms with Crippen molar-refractivity contribution < 1.29 is 4.42 Å². The summed E-state index contributed by atoms with van der Waals surface area (Å²) in [4.78, 5) is 6.83. The highest BCUT2D eigenvalue weighted by atomic mass is 32.1. The zero-order valence-electron chi connectivity index (χ0n) is 17.5. The normalized spacial score (nSPS) is 18.4. The summed E-state index contributed by atoms with van der Waals surface area (Å²) in [7, 11) is 0. The minimum atomic E-state index is -0.0659. The lowest BCUT2D eigenvalue weighted by Gasteiger charge is -2.28. The van der Waals surface area contributed by atoms with Gasteiger partial charge in [-0.15, -0.1) is 0 Å². The molecule has 0 saturated carbocycles. The number of nitrogens with zero attached hydrogens (tertiary/aromatic N) is 3. The molecule has 1 aliphatic rings. The van der Waals surface area contributed by atoms with Crippen molar-refractivity contribution in [2.45, 2.75) is 32.5 Å². The molecule has 0 amide bonds. The monoisotopic (exact) mass is 428 g/mol. The van der Waals surface area contributed by atoms with Crippen molar-refractivity contribution in [3.63, 3.8) is 0 Å². The number of aryl methyl sites for hydroxylation is 2. The van der Waals surface area contributed by atoms with Gasteiger partial charge >= 0.3 is 0 Å². The molecule has 0 radical (unpaired) electrons. The van der Waals surface area contributed by atoms with E-state index in [2.05, 4.69) is 70.1 Å². The van der Waals surface area contributed by atoms with E-state index in [1.807, 2.05) is 36.5 Å². The molecule has 5 rings (SSSR count). The first kappa shape index (κ1) is 19.6. The molecule has 2 atom stereocenters. The maximum atomic E-state index is 5.78. The minimum absolute atomic E-state index is 0.0379. The third kappa shape index (κ3) is 3.64. The average Bonchev–Trinajstić information content (AvgIpc) is 3.52. The van der Waals surface area contributed by atoms with E-state index < -0.39 is 0 Å². The van der Waals surface area contributed by atoms with E-state index >= 15 is 0 Å². The molecule has 156 valence electrons.